The normalized spacial score (nSPS) is 20.4. The largest absolute Gasteiger partial charge is 0.445 e. The standard InChI is InChI=1S/C8H9F3N4OS/c9-8(10,11)6-14-15-7(17-6)12-3-4-1-2-5(16)13-4/h4H,1-3H2,(H,12,15)(H,13,16). The highest BCUT2D eigenvalue weighted by molar-refractivity contribution is 7.15. The zero-order valence-electron chi connectivity index (χ0n) is 8.54. The van der Waals surface area contributed by atoms with Crippen molar-refractivity contribution in [3.8, 4) is 0 Å². The van der Waals surface area contributed by atoms with Gasteiger partial charge in [0.25, 0.3) is 0 Å². The van der Waals surface area contributed by atoms with Crippen LogP contribution in [0.3, 0.4) is 0 Å². The minimum absolute atomic E-state index is 0.0370. The second-order valence-electron chi connectivity index (χ2n) is 3.59. The van der Waals surface area contributed by atoms with E-state index in [0.29, 0.717) is 30.7 Å². The predicted molar refractivity (Wildman–Crippen MR) is 54.6 cm³/mol. The van der Waals surface area contributed by atoms with Gasteiger partial charge < -0.3 is 10.6 Å². The molecule has 2 heterocycles. The Kier molecular flexibility index (Phi) is 3.18. The van der Waals surface area contributed by atoms with Crippen LogP contribution < -0.4 is 10.6 Å². The van der Waals surface area contributed by atoms with Gasteiger partial charge in [-0.05, 0) is 6.42 Å². The van der Waals surface area contributed by atoms with Crippen molar-refractivity contribution in [2.24, 2.45) is 0 Å². The summed E-state index contributed by atoms with van der Waals surface area (Å²) in [6.45, 7) is 0.359. The number of nitrogens with zero attached hydrogens (tertiary/aromatic N) is 2. The Morgan fingerprint density at radius 2 is 2.24 bits per heavy atom. The first-order chi connectivity index (χ1) is 7.95. The molecule has 0 saturated carbocycles. The number of hydrogen-bond donors (Lipinski definition) is 2. The van der Waals surface area contributed by atoms with E-state index in [-0.39, 0.29) is 17.1 Å². The van der Waals surface area contributed by atoms with Crippen molar-refractivity contribution in [1.82, 2.24) is 15.5 Å². The van der Waals surface area contributed by atoms with Crippen LogP contribution in [0, 0.1) is 0 Å². The third-order valence-corrected chi connectivity index (χ3v) is 3.18. The average Bonchev–Trinajstić information content (AvgIpc) is 2.82. The van der Waals surface area contributed by atoms with Gasteiger partial charge in [0.15, 0.2) is 0 Å². The van der Waals surface area contributed by atoms with Crippen molar-refractivity contribution in [3.05, 3.63) is 5.01 Å². The van der Waals surface area contributed by atoms with Gasteiger partial charge in [-0.2, -0.15) is 13.2 Å². The summed E-state index contributed by atoms with van der Waals surface area (Å²) >= 11 is 0.453. The van der Waals surface area contributed by atoms with Crippen LogP contribution >= 0.6 is 11.3 Å². The highest BCUT2D eigenvalue weighted by Crippen LogP contribution is 2.32. The minimum Gasteiger partial charge on any atom is -0.358 e. The lowest BCUT2D eigenvalue weighted by molar-refractivity contribution is -0.138. The summed E-state index contributed by atoms with van der Waals surface area (Å²) in [6, 6.07) is -0.0549. The first kappa shape index (κ1) is 12.1. The van der Waals surface area contributed by atoms with Gasteiger partial charge in [-0.1, -0.05) is 11.3 Å². The van der Waals surface area contributed by atoms with Crippen LogP contribution in [-0.4, -0.2) is 28.7 Å². The van der Waals surface area contributed by atoms with Crippen molar-refractivity contribution in [1.29, 1.82) is 0 Å². The molecule has 9 heteroatoms. The van der Waals surface area contributed by atoms with Crippen LogP contribution in [0.25, 0.3) is 0 Å². The maximum atomic E-state index is 12.2. The number of halogens is 3. The molecule has 1 aromatic heterocycles. The number of carbonyl (C=O) groups is 1. The summed E-state index contributed by atoms with van der Waals surface area (Å²) in [6.07, 6.45) is -3.33. The molecule has 1 fully saturated rings. The van der Waals surface area contributed by atoms with E-state index < -0.39 is 11.2 Å². The van der Waals surface area contributed by atoms with Crippen LogP contribution in [0.5, 0.6) is 0 Å². The van der Waals surface area contributed by atoms with Crippen LogP contribution in [-0.2, 0) is 11.0 Å². The Labute approximate surface area is 98.4 Å². The third-order valence-electron chi connectivity index (χ3n) is 2.25. The van der Waals surface area contributed by atoms with Gasteiger partial charge in [0.05, 0.1) is 0 Å². The van der Waals surface area contributed by atoms with E-state index in [0.717, 1.165) is 0 Å². The van der Waals surface area contributed by atoms with E-state index in [4.69, 9.17) is 0 Å². The fourth-order valence-electron chi connectivity index (χ4n) is 1.45. The first-order valence-electron chi connectivity index (χ1n) is 4.89. The van der Waals surface area contributed by atoms with Gasteiger partial charge in [0.2, 0.25) is 16.0 Å². The van der Waals surface area contributed by atoms with Crippen molar-refractivity contribution >= 4 is 22.4 Å². The zero-order valence-corrected chi connectivity index (χ0v) is 9.36. The van der Waals surface area contributed by atoms with Crippen molar-refractivity contribution in [2.45, 2.75) is 25.1 Å². The Morgan fingerprint density at radius 3 is 2.76 bits per heavy atom. The summed E-state index contributed by atoms with van der Waals surface area (Å²) in [4.78, 5) is 10.9. The third kappa shape index (κ3) is 3.05. The smallest absolute Gasteiger partial charge is 0.358 e. The topological polar surface area (TPSA) is 66.9 Å². The molecular formula is C8H9F3N4OS. The molecule has 2 N–H and O–H groups in total. The monoisotopic (exact) mass is 266 g/mol. The van der Waals surface area contributed by atoms with Crippen LogP contribution in [0.1, 0.15) is 17.8 Å². The summed E-state index contributed by atoms with van der Waals surface area (Å²) in [7, 11) is 0. The Balaban J connectivity index is 1.87. The molecule has 94 valence electrons. The molecule has 0 bridgehead atoms. The summed E-state index contributed by atoms with van der Waals surface area (Å²) < 4.78 is 36.7. The molecule has 5 nitrogen and oxygen atoms in total. The van der Waals surface area contributed by atoms with Crippen LogP contribution in [0.2, 0.25) is 0 Å². The molecule has 1 aromatic rings. The van der Waals surface area contributed by atoms with Gasteiger partial charge in [0.1, 0.15) is 0 Å². The van der Waals surface area contributed by atoms with Crippen LogP contribution in [0.4, 0.5) is 18.3 Å². The molecule has 1 aliphatic heterocycles. The second kappa shape index (κ2) is 4.47. The lowest BCUT2D eigenvalue weighted by Crippen LogP contribution is -2.31. The van der Waals surface area contributed by atoms with Gasteiger partial charge in [-0.15, -0.1) is 10.2 Å². The van der Waals surface area contributed by atoms with E-state index in [2.05, 4.69) is 20.8 Å². The van der Waals surface area contributed by atoms with E-state index in [1.54, 1.807) is 0 Å². The molecule has 1 aliphatic rings. The Morgan fingerprint density at radius 1 is 1.47 bits per heavy atom. The molecule has 1 saturated heterocycles. The lowest BCUT2D eigenvalue weighted by Gasteiger charge is -2.09. The maximum absolute atomic E-state index is 12.2. The quantitative estimate of drug-likeness (QED) is 0.864. The number of nitrogens with one attached hydrogen (secondary N) is 2. The van der Waals surface area contributed by atoms with Crippen molar-refractivity contribution in [2.75, 3.05) is 11.9 Å². The minimum atomic E-state index is -4.46. The predicted octanol–water partition coefficient (Wildman–Crippen LogP) is 1.25. The van der Waals surface area contributed by atoms with Gasteiger partial charge in [-0.25, -0.2) is 0 Å². The van der Waals surface area contributed by atoms with Crippen LogP contribution in [0.15, 0.2) is 0 Å². The Bertz CT molecular complexity index is 419. The molecule has 0 aliphatic carbocycles. The SMILES string of the molecule is O=C1CCC(CNc2nnc(C(F)(F)F)s2)N1. The molecule has 0 radical (unpaired) electrons. The van der Waals surface area contributed by atoms with E-state index in [1.165, 1.54) is 0 Å². The average molecular weight is 266 g/mol. The number of rotatable bonds is 3. The molecule has 0 aromatic carbocycles. The maximum Gasteiger partial charge on any atom is 0.445 e. The number of hydrogen-bond acceptors (Lipinski definition) is 5. The number of amides is 1. The molecule has 0 spiro atoms. The summed E-state index contributed by atoms with van der Waals surface area (Å²) in [5, 5.41) is 11.0. The highest BCUT2D eigenvalue weighted by Gasteiger charge is 2.35. The lowest BCUT2D eigenvalue weighted by atomic mass is 10.2. The van der Waals surface area contributed by atoms with E-state index >= 15 is 0 Å². The molecule has 1 amide bonds. The van der Waals surface area contributed by atoms with Gasteiger partial charge in [-0.3, -0.25) is 4.79 Å². The van der Waals surface area contributed by atoms with E-state index in [1.807, 2.05) is 0 Å². The van der Waals surface area contributed by atoms with E-state index in [9.17, 15) is 18.0 Å². The second-order valence-corrected chi connectivity index (χ2v) is 4.57. The Hall–Kier alpha value is -1.38. The van der Waals surface area contributed by atoms with Gasteiger partial charge >= 0.3 is 6.18 Å². The fourth-order valence-corrected chi connectivity index (χ4v) is 2.07. The molecule has 2 rings (SSSR count). The molecule has 1 atom stereocenters. The summed E-state index contributed by atoms with van der Waals surface area (Å²) in [5.74, 6) is -0.0370. The molecule has 17 heavy (non-hydrogen) atoms. The van der Waals surface area contributed by atoms with Crippen molar-refractivity contribution < 1.29 is 18.0 Å². The molecular weight excluding hydrogens is 257 g/mol. The number of anilines is 1. The number of alkyl halides is 3. The van der Waals surface area contributed by atoms with Crippen molar-refractivity contribution in [3.63, 3.8) is 0 Å². The first-order valence-corrected chi connectivity index (χ1v) is 5.71. The zero-order chi connectivity index (χ0) is 12.5. The summed E-state index contributed by atoms with van der Waals surface area (Å²) in [5.41, 5.74) is 0. The molecule has 1 unspecified atom stereocenters. The highest BCUT2D eigenvalue weighted by atomic mass is 32.1. The fraction of sp³-hybridized carbons (Fsp3) is 0.625. The number of aromatic nitrogens is 2. The number of carbonyl (C=O) groups excluding carboxylic acids is 1. The van der Waals surface area contributed by atoms with Gasteiger partial charge in [0, 0.05) is 19.0 Å².